The van der Waals surface area contributed by atoms with Crippen LogP contribution in [0.15, 0.2) is 53.1 Å². The van der Waals surface area contributed by atoms with Gasteiger partial charge in [0.1, 0.15) is 11.8 Å². The molecule has 0 aliphatic carbocycles. The summed E-state index contributed by atoms with van der Waals surface area (Å²) in [5.41, 5.74) is 2.50. The fourth-order valence-corrected chi connectivity index (χ4v) is 2.64. The maximum Gasteiger partial charge on any atom is 0.270 e. The van der Waals surface area contributed by atoms with Crippen molar-refractivity contribution in [2.45, 2.75) is 26.2 Å². The SMILES string of the molecule is CCC(C)c1ccc(NC(=O)c2coc3ccc([N+](=O)[O-])cc23)cc1. The molecule has 6 nitrogen and oxygen atoms in total. The van der Waals surface area contributed by atoms with Gasteiger partial charge in [-0.3, -0.25) is 14.9 Å². The van der Waals surface area contributed by atoms with Crippen LogP contribution in [0.2, 0.25) is 0 Å². The highest BCUT2D eigenvalue weighted by Crippen LogP contribution is 2.27. The smallest absolute Gasteiger partial charge is 0.270 e. The van der Waals surface area contributed by atoms with Crippen LogP contribution in [-0.2, 0) is 0 Å². The second kappa shape index (κ2) is 6.76. The Labute approximate surface area is 144 Å². The average molecular weight is 338 g/mol. The van der Waals surface area contributed by atoms with Crippen LogP contribution in [0.5, 0.6) is 0 Å². The maximum absolute atomic E-state index is 12.5. The molecule has 1 unspecified atom stereocenters. The number of nitro groups is 1. The van der Waals surface area contributed by atoms with Gasteiger partial charge in [-0.25, -0.2) is 0 Å². The molecule has 1 atom stereocenters. The van der Waals surface area contributed by atoms with E-state index in [1.165, 1.54) is 30.0 Å². The summed E-state index contributed by atoms with van der Waals surface area (Å²) in [7, 11) is 0. The Bertz CT molecular complexity index is 928. The molecule has 0 radical (unpaired) electrons. The first-order valence-electron chi connectivity index (χ1n) is 8.06. The Morgan fingerprint density at radius 1 is 1.24 bits per heavy atom. The normalized spacial score (nSPS) is 12.1. The minimum Gasteiger partial charge on any atom is -0.463 e. The van der Waals surface area contributed by atoms with E-state index in [0.717, 1.165) is 6.42 Å². The second-order valence-corrected chi connectivity index (χ2v) is 5.97. The van der Waals surface area contributed by atoms with Gasteiger partial charge in [-0.15, -0.1) is 0 Å². The molecular weight excluding hydrogens is 320 g/mol. The summed E-state index contributed by atoms with van der Waals surface area (Å²) in [4.78, 5) is 22.9. The number of nitro benzene ring substituents is 1. The number of anilines is 1. The molecule has 1 heterocycles. The van der Waals surface area contributed by atoms with Gasteiger partial charge >= 0.3 is 0 Å². The molecule has 0 saturated carbocycles. The first-order valence-corrected chi connectivity index (χ1v) is 8.06. The second-order valence-electron chi connectivity index (χ2n) is 5.97. The van der Waals surface area contributed by atoms with Gasteiger partial charge in [0.05, 0.1) is 10.5 Å². The maximum atomic E-state index is 12.5. The molecule has 2 aromatic carbocycles. The number of rotatable bonds is 5. The van der Waals surface area contributed by atoms with Crippen LogP contribution in [0.4, 0.5) is 11.4 Å². The third kappa shape index (κ3) is 3.38. The molecule has 25 heavy (non-hydrogen) atoms. The van der Waals surface area contributed by atoms with Gasteiger partial charge in [0.15, 0.2) is 0 Å². The highest BCUT2D eigenvalue weighted by Gasteiger charge is 2.17. The van der Waals surface area contributed by atoms with Crippen LogP contribution in [0.1, 0.15) is 42.1 Å². The molecule has 0 bridgehead atoms. The van der Waals surface area contributed by atoms with E-state index in [1.54, 1.807) is 0 Å². The molecule has 0 spiro atoms. The zero-order chi connectivity index (χ0) is 18.0. The van der Waals surface area contributed by atoms with E-state index in [9.17, 15) is 14.9 Å². The lowest BCUT2D eigenvalue weighted by atomic mass is 9.98. The standard InChI is InChI=1S/C19H18N2O4/c1-3-12(2)13-4-6-14(7-5-13)20-19(22)17-11-25-18-9-8-15(21(23)24)10-16(17)18/h4-12H,3H2,1-2H3,(H,20,22). The molecule has 6 heteroatoms. The Hall–Kier alpha value is -3.15. The minimum absolute atomic E-state index is 0.0825. The number of benzene rings is 2. The monoisotopic (exact) mass is 338 g/mol. The summed E-state index contributed by atoms with van der Waals surface area (Å²) in [6.07, 6.45) is 2.36. The molecule has 1 amide bonds. The van der Waals surface area contributed by atoms with Gasteiger partial charge in [0.2, 0.25) is 0 Å². The fourth-order valence-electron chi connectivity index (χ4n) is 2.64. The van der Waals surface area contributed by atoms with Gasteiger partial charge in [-0.05, 0) is 36.1 Å². The summed E-state index contributed by atoms with van der Waals surface area (Å²) >= 11 is 0. The molecule has 3 rings (SSSR count). The number of fused-ring (bicyclic) bond motifs is 1. The van der Waals surface area contributed by atoms with Gasteiger partial charge in [0.25, 0.3) is 11.6 Å². The fraction of sp³-hybridized carbons (Fsp3) is 0.211. The van der Waals surface area contributed by atoms with Crippen molar-refractivity contribution in [2.75, 3.05) is 5.32 Å². The van der Waals surface area contributed by atoms with Gasteiger partial charge in [-0.1, -0.05) is 26.0 Å². The van der Waals surface area contributed by atoms with E-state index in [1.807, 2.05) is 24.3 Å². The molecular formula is C19H18N2O4. The summed E-state index contributed by atoms with van der Waals surface area (Å²) in [5, 5.41) is 14.1. The summed E-state index contributed by atoms with van der Waals surface area (Å²) in [5.74, 6) is 0.0960. The van der Waals surface area contributed by atoms with Crippen LogP contribution in [0.3, 0.4) is 0 Å². The Kier molecular flexibility index (Phi) is 4.52. The molecule has 1 N–H and O–H groups in total. The van der Waals surface area contributed by atoms with E-state index >= 15 is 0 Å². The molecule has 3 aromatic rings. The van der Waals surface area contributed by atoms with Crippen molar-refractivity contribution in [3.05, 3.63) is 70.0 Å². The number of nitrogens with one attached hydrogen (secondary N) is 1. The van der Waals surface area contributed by atoms with E-state index in [0.29, 0.717) is 22.6 Å². The molecule has 1 aromatic heterocycles. The van der Waals surface area contributed by atoms with E-state index in [-0.39, 0.29) is 17.2 Å². The van der Waals surface area contributed by atoms with Crippen molar-refractivity contribution in [3.8, 4) is 0 Å². The lowest BCUT2D eigenvalue weighted by Crippen LogP contribution is -2.11. The highest BCUT2D eigenvalue weighted by molar-refractivity contribution is 6.12. The lowest BCUT2D eigenvalue weighted by molar-refractivity contribution is -0.384. The number of hydrogen-bond donors (Lipinski definition) is 1. The number of carbonyl (C=O) groups is 1. The molecule has 0 aliphatic rings. The van der Waals surface area contributed by atoms with Crippen LogP contribution in [0.25, 0.3) is 11.0 Å². The molecule has 128 valence electrons. The van der Waals surface area contributed by atoms with Crippen LogP contribution in [0, 0.1) is 10.1 Å². The largest absolute Gasteiger partial charge is 0.463 e. The molecule has 0 fully saturated rings. The van der Waals surface area contributed by atoms with E-state index < -0.39 is 4.92 Å². The van der Waals surface area contributed by atoms with Crippen LogP contribution < -0.4 is 5.32 Å². The zero-order valence-electron chi connectivity index (χ0n) is 14.0. The third-order valence-electron chi connectivity index (χ3n) is 4.36. The number of nitrogens with zero attached hydrogens (tertiary/aromatic N) is 1. The zero-order valence-corrected chi connectivity index (χ0v) is 14.0. The van der Waals surface area contributed by atoms with Crippen molar-refractivity contribution in [3.63, 3.8) is 0 Å². The summed E-state index contributed by atoms with van der Waals surface area (Å²) in [6.45, 7) is 4.28. The Morgan fingerprint density at radius 2 is 1.96 bits per heavy atom. The predicted octanol–water partition coefficient (Wildman–Crippen LogP) is 5.11. The number of furan rings is 1. The van der Waals surface area contributed by atoms with Crippen molar-refractivity contribution < 1.29 is 14.1 Å². The topological polar surface area (TPSA) is 85.4 Å². The van der Waals surface area contributed by atoms with Crippen molar-refractivity contribution in [2.24, 2.45) is 0 Å². The quantitative estimate of drug-likeness (QED) is 0.517. The van der Waals surface area contributed by atoms with Gasteiger partial charge < -0.3 is 9.73 Å². The van der Waals surface area contributed by atoms with Crippen molar-refractivity contribution in [1.82, 2.24) is 0 Å². The molecule has 0 aliphatic heterocycles. The summed E-state index contributed by atoms with van der Waals surface area (Å²) in [6, 6.07) is 11.9. The average Bonchev–Trinajstić information content (AvgIpc) is 3.04. The number of non-ortho nitro benzene ring substituents is 1. The van der Waals surface area contributed by atoms with Gasteiger partial charge in [-0.2, -0.15) is 0 Å². The van der Waals surface area contributed by atoms with E-state index in [4.69, 9.17) is 4.42 Å². The summed E-state index contributed by atoms with van der Waals surface area (Å²) < 4.78 is 5.32. The Balaban J connectivity index is 1.85. The van der Waals surface area contributed by atoms with Crippen LogP contribution >= 0.6 is 0 Å². The number of carbonyl (C=O) groups excluding carboxylic acids is 1. The van der Waals surface area contributed by atoms with Gasteiger partial charge in [0, 0.05) is 23.2 Å². The highest BCUT2D eigenvalue weighted by atomic mass is 16.6. The van der Waals surface area contributed by atoms with Crippen molar-refractivity contribution in [1.29, 1.82) is 0 Å². The number of hydrogen-bond acceptors (Lipinski definition) is 4. The Morgan fingerprint density at radius 3 is 2.60 bits per heavy atom. The molecule has 0 saturated heterocycles. The lowest BCUT2D eigenvalue weighted by Gasteiger charge is -2.10. The minimum atomic E-state index is -0.498. The third-order valence-corrected chi connectivity index (χ3v) is 4.36. The first kappa shape index (κ1) is 16.7. The van der Waals surface area contributed by atoms with E-state index in [2.05, 4.69) is 19.2 Å². The first-order chi connectivity index (χ1) is 12.0. The van der Waals surface area contributed by atoms with Crippen LogP contribution in [-0.4, -0.2) is 10.8 Å². The van der Waals surface area contributed by atoms with Crippen molar-refractivity contribution >= 4 is 28.3 Å². The number of amides is 1. The predicted molar refractivity (Wildman–Crippen MR) is 96.0 cm³/mol.